The van der Waals surface area contributed by atoms with Crippen LogP contribution in [-0.4, -0.2) is 4.40 Å². The number of nitrogens with zero attached hydrogens (tertiary/aromatic N) is 3. The highest BCUT2D eigenvalue weighted by Crippen LogP contribution is 2.53. The van der Waals surface area contributed by atoms with Gasteiger partial charge in [-0.25, -0.2) is 0 Å². The molecular formula is C54H41N3. The molecular weight excluding hydrogens is 691 g/mol. The van der Waals surface area contributed by atoms with Crippen LogP contribution in [0, 0.1) is 27.7 Å². The second-order valence-corrected chi connectivity index (χ2v) is 15.5. The summed E-state index contributed by atoms with van der Waals surface area (Å²) in [5, 5.41) is 9.89. The van der Waals surface area contributed by atoms with Gasteiger partial charge >= 0.3 is 0 Å². The van der Waals surface area contributed by atoms with Crippen LogP contribution in [0.4, 0.5) is 34.1 Å². The van der Waals surface area contributed by atoms with Gasteiger partial charge < -0.3 is 14.2 Å². The highest BCUT2D eigenvalue weighted by Gasteiger charge is 2.29. The molecule has 11 rings (SSSR count). The summed E-state index contributed by atoms with van der Waals surface area (Å²) < 4.78 is 2.57. The molecule has 3 heteroatoms. The summed E-state index contributed by atoms with van der Waals surface area (Å²) in [6.45, 7) is 8.91. The Morgan fingerprint density at radius 1 is 0.333 bits per heavy atom. The zero-order valence-electron chi connectivity index (χ0n) is 32.6. The molecule has 2 heterocycles. The maximum Gasteiger partial charge on any atom is 0.0640 e. The summed E-state index contributed by atoms with van der Waals surface area (Å²) in [6.07, 6.45) is 0. The first-order valence-corrected chi connectivity index (χ1v) is 19.9. The van der Waals surface area contributed by atoms with E-state index in [0.717, 1.165) is 0 Å². The Hall–Kier alpha value is -7.10. The van der Waals surface area contributed by atoms with Crippen molar-refractivity contribution in [3.63, 3.8) is 0 Å². The van der Waals surface area contributed by atoms with E-state index in [9.17, 15) is 0 Å². The summed E-state index contributed by atoms with van der Waals surface area (Å²) in [7, 11) is 0. The van der Waals surface area contributed by atoms with Gasteiger partial charge in [0.05, 0.1) is 27.9 Å². The van der Waals surface area contributed by atoms with Crippen molar-refractivity contribution in [3.05, 3.63) is 198 Å². The molecule has 3 nitrogen and oxygen atoms in total. The molecule has 0 saturated heterocycles. The Balaban J connectivity index is 1.36. The van der Waals surface area contributed by atoms with Gasteiger partial charge in [0.25, 0.3) is 0 Å². The third-order valence-electron chi connectivity index (χ3n) is 12.2. The number of rotatable bonds is 6. The fourth-order valence-electron chi connectivity index (χ4n) is 9.53. The predicted molar refractivity (Wildman–Crippen MR) is 244 cm³/mol. The van der Waals surface area contributed by atoms with Crippen LogP contribution in [0.1, 0.15) is 22.3 Å². The van der Waals surface area contributed by atoms with E-state index in [1.54, 1.807) is 0 Å². The second-order valence-electron chi connectivity index (χ2n) is 15.5. The Morgan fingerprint density at radius 3 is 1.02 bits per heavy atom. The predicted octanol–water partition coefficient (Wildman–Crippen LogP) is 15.3. The third-order valence-corrected chi connectivity index (χ3v) is 12.2. The molecule has 0 atom stereocenters. The van der Waals surface area contributed by atoms with Crippen molar-refractivity contribution < 1.29 is 0 Å². The molecule has 0 fully saturated rings. The number of aromatic nitrogens is 1. The van der Waals surface area contributed by atoms with Crippen molar-refractivity contribution in [1.29, 1.82) is 0 Å². The average Bonchev–Trinajstić information content (AvgIpc) is 3.75. The van der Waals surface area contributed by atoms with E-state index in [1.165, 1.54) is 116 Å². The summed E-state index contributed by atoms with van der Waals surface area (Å²) >= 11 is 0. The molecule has 0 aliphatic carbocycles. The summed E-state index contributed by atoms with van der Waals surface area (Å²) in [5.41, 5.74) is 15.7. The fourth-order valence-corrected chi connectivity index (χ4v) is 9.53. The SMILES string of the molecule is Cc1ccccc1N(c1ccccc1C)c1c2ccccc2cc2c1c1cccc3c4c(N(c5ccccc5C)c5ccccc5C)c5ccccc5cc4n2c13. The molecule has 0 aliphatic heterocycles. The first kappa shape index (κ1) is 33.3. The second kappa shape index (κ2) is 12.7. The van der Waals surface area contributed by atoms with Gasteiger partial charge in [0.15, 0.2) is 0 Å². The Morgan fingerprint density at radius 2 is 0.649 bits per heavy atom. The van der Waals surface area contributed by atoms with Crippen LogP contribution in [0.3, 0.4) is 0 Å². The van der Waals surface area contributed by atoms with Gasteiger partial charge in [0.1, 0.15) is 0 Å². The van der Waals surface area contributed by atoms with Crippen LogP contribution in [0.5, 0.6) is 0 Å². The lowest BCUT2D eigenvalue weighted by molar-refractivity contribution is 1.24. The van der Waals surface area contributed by atoms with Gasteiger partial charge in [-0.05, 0) is 97.1 Å². The van der Waals surface area contributed by atoms with Crippen molar-refractivity contribution in [3.8, 4) is 0 Å². The first-order chi connectivity index (χ1) is 28.0. The van der Waals surface area contributed by atoms with Crippen LogP contribution in [0.25, 0.3) is 59.6 Å². The molecule has 0 bridgehead atoms. The molecule has 11 aromatic rings. The van der Waals surface area contributed by atoms with Crippen molar-refractivity contribution in [2.24, 2.45) is 0 Å². The highest BCUT2D eigenvalue weighted by molar-refractivity contribution is 6.33. The maximum atomic E-state index is 2.57. The molecule has 0 spiro atoms. The molecule has 0 N–H and O–H groups in total. The van der Waals surface area contributed by atoms with E-state index in [1.807, 2.05) is 0 Å². The zero-order valence-corrected chi connectivity index (χ0v) is 32.6. The van der Waals surface area contributed by atoms with E-state index in [0.29, 0.717) is 0 Å². The van der Waals surface area contributed by atoms with Crippen LogP contribution >= 0.6 is 0 Å². The molecule has 0 amide bonds. The number of fused-ring (bicyclic) bond motifs is 8. The quantitative estimate of drug-likeness (QED) is 0.169. The largest absolute Gasteiger partial charge is 0.309 e. The van der Waals surface area contributed by atoms with Gasteiger partial charge in [0, 0.05) is 55.1 Å². The topological polar surface area (TPSA) is 10.9 Å². The van der Waals surface area contributed by atoms with Crippen LogP contribution in [0.2, 0.25) is 0 Å². The molecule has 9 aromatic carbocycles. The lowest BCUT2D eigenvalue weighted by Gasteiger charge is -2.31. The maximum absolute atomic E-state index is 2.57. The molecule has 0 saturated carbocycles. The minimum atomic E-state index is 1.18. The molecule has 272 valence electrons. The zero-order chi connectivity index (χ0) is 38.4. The van der Waals surface area contributed by atoms with E-state index < -0.39 is 0 Å². The number of anilines is 6. The Labute approximate surface area is 332 Å². The van der Waals surface area contributed by atoms with Crippen molar-refractivity contribution in [2.45, 2.75) is 27.7 Å². The number of hydrogen-bond donors (Lipinski definition) is 0. The van der Waals surface area contributed by atoms with Crippen LogP contribution < -0.4 is 9.80 Å². The summed E-state index contributed by atoms with van der Waals surface area (Å²) in [5.74, 6) is 0. The van der Waals surface area contributed by atoms with E-state index in [4.69, 9.17) is 0 Å². The molecule has 0 radical (unpaired) electrons. The minimum Gasteiger partial charge on any atom is -0.309 e. The van der Waals surface area contributed by atoms with E-state index in [2.05, 4.69) is 218 Å². The van der Waals surface area contributed by atoms with Crippen LogP contribution in [0.15, 0.2) is 176 Å². The van der Waals surface area contributed by atoms with E-state index in [-0.39, 0.29) is 0 Å². The number of aryl methyl sites for hydroxylation is 4. The number of benzene rings is 9. The van der Waals surface area contributed by atoms with E-state index >= 15 is 0 Å². The van der Waals surface area contributed by atoms with Gasteiger partial charge in [-0.2, -0.15) is 0 Å². The Bertz CT molecular complexity index is 3060. The summed E-state index contributed by atoms with van der Waals surface area (Å²) in [4.78, 5) is 5.05. The van der Waals surface area contributed by atoms with Crippen molar-refractivity contribution in [1.82, 2.24) is 4.40 Å². The molecule has 57 heavy (non-hydrogen) atoms. The van der Waals surface area contributed by atoms with Gasteiger partial charge in [0.2, 0.25) is 0 Å². The van der Waals surface area contributed by atoms with Gasteiger partial charge in [-0.3, -0.25) is 0 Å². The molecule has 0 unspecified atom stereocenters. The smallest absolute Gasteiger partial charge is 0.0640 e. The lowest BCUT2D eigenvalue weighted by atomic mass is 9.97. The van der Waals surface area contributed by atoms with Crippen molar-refractivity contribution >= 4 is 93.8 Å². The van der Waals surface area contributed by atoms with Gasteiger partial charge in [-0.15, -0.1) is 0 Å². The van der Waals surface area contributed by atoms with Gasteiger partial charge in [-0.1, -0.05) is 140 Å². The third kappa shape index (κ3) is 4.85. The molecule has 2 aromatic heterocycles. The lowest BCUT2D eigenvalue weighted by Crippen LogP contribution is -2.14. The van der Waals surface area contributed by atoms with Crippen LogP contribution in [-0.2, 0) is 0 Å². The average molecular weight is 732 g/mol. The highest BCUT2D eigenvalue weighted by atomic mass is 15.2. The normalized spacial score (nSPS) is 11.9. The molecule has 0 aliphatic rings. The monoisotopic (exact) mass is 731 g/mol. The number of hydrogen-bond acceptors (Lipinski definition) is 2. The standard InChI is InChI=1S/C54H41N3/c1-34-18-5-13-28-44(34)55(45-29-14-6-19-35(45)2)53-40-24-11-9-22-38(40)32-48-50(53)42-26-17-27-43-51-49(57(48)52(42)43)33-39-23-10-12-25-41(39)54(51)56(46-30-15-7-20-36(46)3)47-31-16-8-21-37(47)4/h5-33H,1-4H3. The summed E-state index contributed by atoms with van der Waals surface area (Å²) in [6, 6.07) is 64.9. The van der Waals surface area contributed by atoms with Crippen molar-refractivity contribution in [2.75, 3.05) is 9.80 Å². The first-order valence-electron chi connectivity index (χ1n) is 19.9. The Kier molecular flexibility index (Phi) is 7.42. The number of para-hydroxylation sites is 5. The fraction of sp³-hybridized carbons (Fsp3) is 0.0741. The minimum absolute atomic E-state index is 1.18.